The van der Waals surface area contributed by atoms with E-state index >= 15 is 0 Å². The maximum Gasteiger partial charge on any atom is 0.338 e. The van der Waals surface area contributed by atoms with Crippen LogP contribution in [0.2, 0.25) is 0 Å². The molecule has 1 unspecified atom stereocenters. The molecule has 33 heavy (non-hydrogen) atoms. The van der Waals surface area contributed by atoms with Gasteiger partial charge >= 0.3 is 17.8 Å². The van der Waals surface area contributed by atoms with Gasteiger partial charge < -0.3 is 15.4 Å². The summed E-state index contributed by atoms with van der Waals surface area (Å²) in [5.41, 5.74) is 2.03. The van der Waals surface area contributed by atoms with Crippen LogP contribution in [0.25, 0.3) is 0 Å². The third kappa shape index (κ3) is 6.65. The molecule has 1 aliphatic carbocycles. The standard InChI is InChI=1S/C26H31N3O4/c30-24(25(31)28-17-23-11-4-5-14-29(23)22-12-13-22)27-16-20-9-6-10-21(15-20)26(32)33-18-19-7-2-1-3-8-19/h1-3,6-10,15,22-23H,4-5,11-14,16-18H2,(H,27,30)(H,28,31). The molecule has 1 aliphatic heterocycles. The number of hydrogen-bond donors (Lipinski definition) is 2. The summed E-state index contributed by atoms with van der Waals surface area (Å²) < 4.78 is 5.36. The first kappa shape index (κ1) is 23.0. The minimum absolute atomic E-state index is 0.156. The molecular weight excluding hydrogens is 418 g/mol. The van der Waals surface area contributed by atoms with Crippen LogP contribution in [-0.4, -0.2) is 47.9 Å². The highest BCUT2D eigenvalue weighted by molar-refractivity contribution is 6.35. The molecule has 1 atom stereocenters. The summed E-state index contributed by atoms with van der Waals surface area (Å²) in [7, 11) is 0. The van der Waals surface area contributed by atoms with Gasteiger partial charge in [-0.05, 0) is 55.5 Å². The lowest BCUT2D eigenvalue weighted by atomic mass is 10.0. The van der Waals surface area contributed by atoms with Crippen LogP contribution in [0.5, 0.6) is 0 Å². The van der Waals surface area contributed by atoms with E-state index in [1.807, 2.05) is 30.3 Å². The van der Waals surface area contributed by atoms with Gasteiger partial charge in [-0.1, -0.05) is 48.9 Å². The van der Waals surface area contributed by atoms with Gasteiger partial charge in [0.05, 0.1) is 5.56 Å². The monoisotopic (exact) mass is 449 g/mol. The second kappa shape index (κ2) is 11.1. The first-order valence-corrected chi connectivity index (χ1v) is 11.7. The van der Waals surface area contributed by atoms with E-state index in [1.54, 1.807) is 24.3 Å². The number of piperidine rings is 1. The Bertz CT molecular complexity index is 975. The molecule has 0 radical (unpaired) electrons. The van der Waals surface area contributed by atoms with Gasteiger partial charge in [0.25, 0.3) is 0 Å². The fourth-order valence-electron chi connectivity index (χ4n) is 4.30. The Morgan fingerprint density at radius 1 is 0.879 bits per heavy atom. The maximum atomic E-state index is 12.4. The zero-order valence-electron chi connectivity index (χ0n) is 18.8. The molecule has 174 valence electrons. The van der Waals surface area contributed by atoms with Gasteiger partial charge in [-0.15, -0.1) is 0 Å². The van der Waals surface area contributed by atoms with E-state index in [2.05, 4.69) is 15.5 Å². The number of nitrogens with zero attached hydrogens (tertiary/aromatic N) is 1. The minimum atomic E-state index is -0.666. The largest absolute Gasteiger partial charge is 0.457 e. The molecule has 4 rings (SSSR count). The quantitative estimate of drug-likeness (QED) is 0.478. The Morgan fingerprint density at radius 3 is 2.42 bits per heavy atom. The highest BCUT2D eigenvalue weighted by atomic mass is 16.5. The van der Waals surface area contributed by atoms with Crippen molar-refractivity contribution in [3.05, 3.63) is 71.3 Å². The van der Waals surface area contributed by atoms with Crippen molar-refractivity contribution in [1.29, 1.82) is 0 Å². The number of rotatable bonds is 8. The van der Waals surface area contributed by atoms with Gasteiger partial charge in [-0.25, -0.2) is 4.79 Å². The summed E-state index contributed by atoms with van der Waals surface area (Å²) in [5.74, 6) is -1.71. The summed E-state index contributed by atoms with van der Waals surface area (Å²) in [6.07, 6.45) is 5.92. The fraction of sp³-hybridized carbons (Fsp3) is 0.423. The topological polar surface area (TPSA) is 87.7 Å². The van der Waals surface area contributed by atoms with Crippen LogP contribution >= 0.6 is 0 Å². The Kier molecular flexibility index (Phi) is 7.73. The molecule has 2 amide bonds. The molecule has 2 N–H and O–H groups in total. The SMILES string of the molecule is O=C(NCc1cccc(C(=O)OCc2ccccc2)c1)C(=O)NCC1CCCCN1C1CC1. The van der Waals surface area contributed by atoms with E-state index in [9.17, 15) is 14.4 Å². The molecule has 2 aromatic carbocycles. The highest BCUT2D eigenvalue weighted by Gasteiger charge is 2.35. The predicted octanol–water partition coefficient (Wildman–Crippen LogP) is 2.79. The second-order valence-corrected chi connectivity index (χ2v) is 8.77. The van der Waals surface area contributed by atoms with Gasteiger partial charge in [-0.3, -0.25) is 14.5 Å². The van der Waals surface area contributed by atoms with Gasteiger partial charge in [-0.2, -0.15) is 0 Å². The van der Waals surface area contributed by atoms with Gasteiger partial charge in [0.2, 0.25) is 0 Å². The number of nitrogens with one attached hydrogen (secondary N) is 2. The van der Waals surface area contributed by atoms with Crippen molar-refractivity contribution in [2.75, 3.05) is 13.1 Å². The average Bonchev–Trinajstić information content (AvgIpc) is 3.71. The Morgan fingerprint density at radius 2 is 1.64 bits per heavy atom. The van der Waals surface area contributed by atoms with E-state index in [0.29, 0.717) is 24.2 Å². The van der Waals surface area contributed by atoms with Crippen LogP contribution in [0.15, 0.2) is 54.6 Å². The van der Waals surface area contributed by atoms with Crippen molar-refractivity contribution in [3.63, 3.8) is 0 Å². The normalized spacial score (nSPS) is 18.4. The van der Waals surface area contributed by atoms with Crippen LogP contribution in [0.3, 0.4) is 0 Å². The summed E-state index contributed by atoms with van der Waals surface area (Å²) >= 11 is 0. The van der Waals surface area contributed by atoms with Crippen molar-refractivity contribution < 1.29 is 19.1 Å². The zero-order chi connectivity index (χ0) is 23.0. The highest BCUT2D eigenvalue weighted by Crippen LogP contribution is 2.32. The van der Waals surface area contributed by atoms with E-state index < -0.39 is 17.8 Å². The first-order chi connectivity index (χ1) is 16.1. The fourth-order valence-corrected chi connectivity index (χ4v) is 4.30. The molecule has 1 saturated heterocycles. The van der Waals surface area contributed by atoms with E-state index in [-0.39, 0.29) is 13.2 Å². The minimum Gasteiger partial charge on any atom is -0.457 e. The molecule has 2 fully saturated rings. The molecule has 0 spiro atoms. The molecule has 7 heteroatoms. The Balaban J connectivity index is 1.22. The van der Waals surface area contributed by atoms with E-state index in [4.69, 9.17) is 4.74 Å². The molecule has 2 aromatic rings. The summed E-state index contributed by atoms with van der Waals surface area (Å²) in [4.78, 5) is 39.4. The van der Waals surface area contributed by atoms with Crippen LogP contribution in [0, 0.1) is 0 Å². The molecule has 7 nitrogen and oxygen atoms in total. The molecule has 1 heterocycles. The molecule has 0 aromatic heterocycles. The first-order valence-electron chi connectivity index (χ1n) is 11.7. The van der Waals surface area contributed by atoms with Crippen molar-refractivity contribution in [2.45, 2.75) is 57.3 Å². The summed E-state index contributed by atoms with van der Waals surface area (Å²) in [6.45, 7) is 1.94. The average molecular weight is 450 g/mol. The van der Waals surface area contributed by atoms with E-state index in [1.165, 1.54) is 25.7 Å². The summed E-state index contributed by atoms with van der Waals surface area (Å²) in [5, 5.41) is 5.44. The number of ether oxygens (including phenoxy) is 1. The molecule has 0 bridgehead atoms. The lowest BCUT2D eigenvalue weighted by Gasteiger charge is -2.35. The van der Waals surface area contributed by atoms with Crippen molar-refractivity contribution in [3.8, 4) is 0 Å². The number of amides is 2. The van der Waals surface area contributed by atoms with E-state index in [0.717, 1.165) is 24.1 Å². The number of hydrogen-bond acceptors (Lipinski definition) is 5. The predicted molar refractivity (Wildman–Crippen MR) is 124 cm³/mol. The Hall–Kier alpha value is -3.19. The summed E-state index contributed by atoms with van der Waals surface area (Å²) in [6, 6.07) is 17.3. The molecule has 2 aliphatic rings. The number of carbonyl (C=O) groups excluding carboxylic acids is 3. The van der Waals surface area contributed by atoms with Crippen LogP contribution in [-0.2, 0) is 27.5 Å². The zero-order valence-corrected chi connectivity index (χ0v) is 18.8. The number of esters is 1. The molecule has 1 saturated carbocycles. The van der Waals surface area contributed by atoms with Crippen LogP contribution < -0.4 is 10.6 Å². The maximum absolute atomic E-state index is 12.4. The Labute approximate surface area is 194 Å². The number of carbonyl (C=O) groups is 3. The van der Waals surface area contributed by atoms with Crippen LogP contribution in [0.1, 0.15) is 53.6 Å². The smallest absolute Gasteiger partial charge is 0.338 e. The van der Waals surface area contributed by atoms with Crippen molar-refractivity contribution >= 4 is 17.8 Å². The number of benzene rings is 2. The second-order valence-electron chi connectivity index (χ2n) is 8.77. The van der Waals surface area contributed by atoms with Crippen LogP contribution in [0.4, 0.5) is 0 Å². The third-order valence-electron chi connectivity index (χ3n) is 6.22. The lowest BCUT2D eigenvalue weighted by Crippen LogP contribution is -2.50. The van der Waals surface area contributed by atoms with Crippen molar-refractivity contribution in [2.24, 2.45) is 0 Å². The molecular formula is C26H31N3O4. The lowest BCUT2D eigenvalue weighted by molar-refractivity contribution is -0.139. The van der Waals surface area contributed by atoms with Gasteiger partial charge in [0.1, 0.15) is 6.61 Å². The third-order valence-corrected chi connectivity index (χ3v) is 6.22. The van der Waals surface area contributed by atoms with Gasteiger partial charge in [0.15, 0.2) is 0 Å². The van der Waals surface area contributed by atoms with Crippen molar-refractivity contribution in [1.82, 2.24) is 15.5 Å². The van der Waals surface area contributed by atoms with Gasteiger partial charge in [0, 0.05) is 25.2 Å². The number of likely N-dealkylation sites (tertiary alicyclic amines) is 1.